The first-order valence-electron chi connectivity index (χ1n) is 17.4. The van der Waals surface area contributed by atoms with E-state index in [0.29, 0.717) is 0 Å². The average Bonchev–Trinajstić information content (AvgIpc) is 3.52. The van der Waals surface area contributed by atoms with Crippen LogP contribution in [0.4, 0.5) is 17.1 Å². The van der Waals surface area contributed by atoms with Gasteiger partial charge < -0.3 is 9.32 Å². The molecule has 0 bridgehead atoms. The summed E-state index contributed by atoms with van der Waals surface area (Å²) in [7, 11) is 0. The standard InChI is InChI=1S/C49H35NO/c1-3-4-18-38-33(2)51-49-45(38)25-14-27-48(49)50(47-26-12-11-23-44(47)42-24-13-17-34-15-5-7-19-39(34)42)37-30-28-35(29-31-37)46-32-36-16-6-8-20-40(36)41-21-9-10-22-43(41)46/h3-32H,1H2,2H3/b18-4-. The van der Waals surface area contributed by atoms with Gasteiger partial charge in [-0.15, -0.1) is 0 Å². The number of benzene rings is 8. The Morgan fingerprint density at radius 2 is 1.12 bits per heavy atom. The summed E-state index contributed by atoms with van der Waals surface area (Å²) in [5.74, 6) is 0.872. The van der Waals surface area contributed by atoms with Crippen LogP contribution in [0.25, 0.3) is 71.6 Å². The average molecular weight is 654 g/mol. The zero-order valence-electron chi connectivity index (χ0n) is 28.4. The fourth-order valence-electron chi connectivity index (χ4n) is 7.64. The Labute approximate surface area is 297 Å². The molecule has 9 aromatic rings. The Morgan fingerprint density at radius 3 is 1.94 bits per heavy atom. The van der Waals surface area contributed by atoms with E-state index in [2.05, 4.69) is 181 Å². The van der Waals surface area contributed by atoms with Crippen molar-refractivity contribution in [2.24, 2.45) is 0 Å². The molecule has 0 unspecified atom stereocenters. The molecule has 0 spiro atoms. The number of aryl methyl sites for hydroxylation is 1. The zero-order chi connectivity index (χ0) is 34.3. The maximum absolute atomic E-state index is 6.62. The van der Waals surface area contributed by atoms with Crippen molar-refractivity contribution in [3.8, 4) is 22.3 Å². The predicted octanol–water partition coefficient (Wildman–Crippen LogP) is 14.2. The highest BCUT2D eigenvalue weighted by atomic mass is 16.3. The first kappa shape index (κ1) is 30.4. The van der Waals surface area contributed by atoms with Crippen LogP contribution in [0.3, 0.4) is 0 Å². The van der Waals surface area contributed by atoms with E-state index in [1.165, 1.54) is 49.0 Å². The largest absolute Gasteiger partial charge is 0.459 e. The molecular weight excluding hydrogens is 619 g/mol. The van der Waals surface area contributed by atoms with Gasteiger partial charge in [0.2, 0.25) is 0 Å². The summed E-state index contributed by atoms with van der Waals surface area (Å²) in [6.07, 6.45) is 5.84. The van der Waals surface area contributed by atoms with E-state index in [4.69, 9.17) is 4.42 Å². The molecule has 2 nitrogen and oxygen atoms in total. The highest BCUT2D eigenvalue weighted by molar-refractivity contribution is 6.14. The van der Waals surface area contributed by atoms with Crippen LogP contribution in [-0.2, 0) is 0 Å². The summed E-state index contributed by atoms with van der Waals surface area (Å²) in [4.78, 5) is 2.35. The monoisotopic (exact) mass is 653 g/mol. The van der Waals surface area contributed by atoms with Crippen LogP contribution in [0, 0.1) is 6.92 Å². The lowest BCUT2D eigenvalue weighted by Gasteiger charge is -2.28. The number of fused-ring (bicyclic) bond motifs is 5. The lowest BCUT2D eigenvalue weighted by atomic mass is 9.93. The number of para-hydroxylation sites is 2. The second kappa shape index (κ2) is 12.7. The molecule has 0 fully saturated rings. The SMILES string of the molecule is C=C/C=C\c1c(C)oc2c(N(c3ccc(-c4cc5ccccc5c5ccccc45)cc3)c3ccccc3-c3cccc4ccccc34)cccc12. The Balaban J connectivity index is 1.27. The summed E-state index contributed by atoms with van der Waals surface area (Å²) < 4.78 is 6.62. The summed E-state index contributed by atoms with van der Waals surface area (Å²) >= 11 is 0. The van der Waals surface area contributed by atoms with Crippen molar-refractivity contribution in [1.82, 2.24) is 0 Å². The minimum Gasteiger partial charge on any atom is -0.459 e. The number of hydrogen-bond donors (Lipinski definition) is 0. The molecule has 0 amide bonds. The van der Waals surface area contributed by atoms with Gasteiger partial charge in [0.05, 0.1) is 11.4 Å². The molecule has 8 aromatic carbocycles. The molecule has 0 radical (unpaired) electrons. The van der Waals surface area contributed by atoms with Crippen LogP contribution in [0.15, 0.2) is 187 Å². The molecule has 51 heavy (non-hydrogen) atoms. The van der Waals surface area contributed by atoms with Gasteiger partial charge in [0.15, 0.2) is 5.58 Å². The Morgan fingerprint density at radius 1 is 0.510 bits per heavy atom. The van der Waals surface area contributed by atoms with E-state index in [1.807, 2.05) is 13.0 Å². The summed E-state index contributed by atoms with van der Waals surface area (Å²) in [5.41, 5.74) is 9.72. The molecule has 2 heteroatoms. The maximum Gasteiger partial charge on any atom is 0.158 e. The van der Waals surface area contributed by atoms with Gasteiger partial charge in [-0.25, -0.2) is 0 Å². The van der Waals surface area contributed by atoms with Gasteiger partial charge in [-0.3, -0.25) is 0 Å². The van der Waals surface area contributed by atoms with E-state index in [0.717, 1.165) is 44.9 Å². The summed E-state index contributed by atoms with van der Waals surface area (Å²) in [5, 5.41) is 8.52. The molecular formula is C49H35NO. The van der Waals surface area contributed by atoms with Crippen molar-refractivity contribution in [1.29, 1.82) is 0 Å². The minimum absolute atomic E-state index is 0.844. The van der Waals surface area contributed by atoms with Gasteiger partial charge in [0, 0.05) is 22.2 Å². The number of anilines is 3. The van der Waals surface area contributed by atoms with E-state index in [1.54, 1.807) is 6.08 Å². The molecule has 242 valence electrons. The topological polar surface area (TPSA) is 16.4 Å². The molecule has 1 heterocycles. The van der Waals surface area contributed by atoms with Crippen LogP contribution in [0.5, 0.6) is 0 Å². The third kappa shape index (κ3) is 5.21. The lowest BCUT2D eigenvalue weighted by Crippen LogP contribution is -2.11. The van der Waals surface area contributed by atoms with Crippen molar-refractivity contribution < 1.29 is 4.42 Å². The Kier molecular flexibility index (Phi) is 7.56. The normalized spacial score (nSPS) is 11.6. The van der Waals surface area contributed by atoms with Crippen molar-refractivity contribution in [2.75, 3.05) is 4.90 Å². The number of nitrogens with zero attached hydrogens (tertiary/aromatic N) is 1. The highest BCUT2D eigenvalue weighted by Gasteiger charge is 2.23. The van der Waals surface area contributed by atoms with E-state index < -0.39 is 0 Å². The molecule has 0 atom stereocenters. The van der Waals surface area contributed by atoms with E-state index >= 15 is 0 Å². The van der Waals surface area contributed by atoms with Crippen LogP contribution in [0.2, 0.25) is 0 Å². The number of rotatable bonds is 7. The quantitative estimate of drug-likeness (QED) is 0.126. The van der Waals surface area contributed by atoms with Crippen molar-refractivity contribution in [3.05, 3.63) is 194 Å². The maximum atomic E-state index is 6.62. The fourth-order valence-corrected chi connectivity index (χ4v) is 7.64. The molecule has 0 aliphatic rings. The van der Waals surface area contributed by atoms with Crippen LogP contribution in [-0.4, -0.2) is 0 Å². The Bertz CT molecular complexity index is 2780. The number of hydrogen-bond acceptors (Lipinski definition) is 2. The first-order valence-corrected chi connectivity index (χ1v) is 17.4. The molecule has 0 N–H and O–H groups in total. The first-order chi connectivity index (χ1) is 25.2. The van der Waals surface area contributed by atoms with E-state index in [9.17, 15) is 0 Å². The highest BCUT2D eigenvalue weighted by Crippen LogP contribution is 2.46. The second-order valence-electron chi connectivity index (χ2n) is 12.9. The third-order valence-corrected chi connectivity index (χ3v) is 9.99. The third-order valence-electron chi connectivity index (χ3n) is 9.99. The molecule has 0 aliphatic carbocycles. The molecule has 9 rings (SSSR count). The zero-order valence-corrected chi connectivity index (χ0v) is 28.4. The Hall–Kier alpha value is -6.64. The van der Waals surface area contributed by atoms with Gasteiger partial charge in [0.25, 0.3) is 0 Å². The second-order valence-corrected chi connectivity index (χ2v) is 12.9. The number of furan rings is 1. The molecule has 0 aliphatic heterocycles. The molecule has 1 aromatic heterocycles. The smallest absolute Gasteiger partial charge is 0.158 e. The van der Waals surface area contributed by atoms with Crippen LogP contribution in [0.1, 0.15) is 11.3 Å². The van der Waals surface area contributed by atoms with Crippen molar-refractivity contribution in [2.45, 2.75) is 6.92 Å². The van der Waals surface area contributed by atoms with E-state index in [-0.39, 0.29) is 0 Å². The number of allylic oxidation sites excluding steroid dienone is 2. The fraction of sp³-hybridized carbons (Fsp3) is 0.0204. The van der Waals surface area contributed by atoms with Crippen molar-refractivity contribution in [3.63, 3.8) is 0 Å². The van der Waals surface area contributed by atoms with Gasteiger partial charge in [-0.1, -0.05) is 158 Å². The molecule has 0 saturated carbocycles. The van der Waals surface area contributed by atoms with Crippen LogP contribution >= 0.6 is 0 Å². The minimum atomic E-state index is 0.844. The van der Waals surface area contributed by atoms with Gasteiger partial charge in [-0.05, 0) is 86.3 Å². The lowest BCUT2D eigenvalue weighted by molar-refractivity contribution is 0.578. The van der Waals surface area contributed by atoms with Crippen LogP contribution < -0.4 is 4.90 Å². The van der Waals surface area contributed by atoms with Gasteiger partial charge >= 0.3 is 0 Å². The van der Waals surface area contributed by atoms with Crippen molar-refractivity contribution >= 4 is 66.4 Å². The summed E-state index contributed by atoms with van der Waals surface area (Å²) in [6, 6.07) is 59.0. The summed E-state index contributed by atoms with van der Waals surface area (Å²) in [6.45, 7) is 5.92. The molecule has 0 saturated heterocycles. The predicted molar refractivity (Wildman–Crippen MR) is 218 cm³/mol. The van der Waals surface area contributed by atoms with Gasteiger partial charge in [-0.2, -0.15) is 0 Å². The van der Waals surface area contributed by atoms with Gasteiger partial charge in [0.1, 0.15) is 5.76 Å².